The first-order chi connectivity index (χ1) is 11.3. The zero-order chi connectivity index (χ0) is 17.4. The molecule has 1 aliphatic rings. The van der Waals surface area contributed by atoms with Gasteiger partial charge in [-0.05, 0) is 43.0 Å². The predicted octanol–water partition coefficient (Wildman–Crippen LogP) is 2.63. The van der Waals surface area contributed by atoms with Crippen LogP contribution < -0.4 is 0 Å². The molecule has 1 fully saturated rings. The van der Waals surface area contributed by atoms with Gasteiger partial charge in [-0.15, -0.1) is 0 Å². The third kappa shape index (κ3) is 2.72. The molecule has 3 rings (SSSR count). The minimum absolute atomic E-state index is 0.0369. The van der Waals surface area contributed by atoms with E-state index in [0.29, 0.717) is 23.4 Å². The summed E-state index contributed by atoms with van der Waals surface area (Å²) in [4.78, 5) is 15.7. The highest BCUT2D eigenvalue weighted by Gasteiger charge is 2.59. The number of carboxylic acids is 1. The molecule has 1 heterocycles. The fourth-order valence-electron chi connectivity index (χ4n) is 3.21. The van der Waals surface area contributed by atoms with Crippen LogP contribution in [0.3, 0.4) is 0 Å². The molecule has 0 amide bonds. The lowest BCUT2D eigenvalue weighted by molar-refractivity contribution is -0.161. The number of aromatic nitrogens is 3. The summed E-state index contributed by atoms with van der Waals surface area (Å²) < 4.78 is 1.46. The molecule has 1 aliphatic carbocycles. The fourth-order valence-corrected chi connectivity index (χ4v) is 3.34. The summed E-state index contributed by atoms with van der Waals surface area (Å²) in [6.45, 7) is 1.62. The molecule has 7 heteroatoms. The van der Waals surface area contributed by atoms with Gasteiger partial charge in [0.05, 0.1) is 12.0 Å². The van der Waals surface area contributed by atoms with Crippen LogP contribution in [0, 0.1) is 5.41 Å². The third-order valence-electron chi connectivity index (χ3n) is 4.88. The molecule has 1 aromatic carbocycles. The molecule has 126 valence electrons. The Morgan fingerprint density at radius 3 is 2.71 bits per heavy atom. The molecule has 0 radical (unpaired) electrons. The van der Waals surface area contributed by atoms with Crippen molar-refractivity contribution in [1.29, 1.82) is 0 Å². The van der Waals surface area contributed by atoms with E-state index in [9.17, 15) is 15.0 Å². The number of benzene rings is 1. The van der Waals surface area contributed by atoms with E-state index in [1.165, 1.54) is 17.3 Å². The van der Waals surface area contributed by atoms with Crippen molar-refractivity contribution in [2.24, 2.45) is 5.41 Å². The van der Waals surface area contributed by atoms with E-state index in [1.807, 2.05) is 18.2 Å². The second-order valence-corrected chi connectivity index (χ2v) is 6.75. The van der Waals surface area contributed by atoms with Crippen LogP contribution in [0.5, 0.6) is 0 Å². The Bertz CT molecular complexity index is 773. The topological polar surface area (TPSA) is 88.2 Å². The maximum Gasteiger partial charge on any atom is 0.312 e. The second kappa shape index (κ2) is 6.03. The van der Waals surface area contributed by atoms with Crippen LogP contribution >= 0.6 is 11.6 Å². The quantitative estimate of drug-likeness (QED) is 0.887. The van der Waals surface area contributed by atoms with E-state index in [-0.39, 0.29) is 6.54 Å². The van der Waals surface area contributed by atoms with Gasteiger partial charge in [0.25, 0.3) is 0 Å². The van der Waals surface area contributed by atoms with Gasteiger partial charge >= 0.3 is 5.97 Å². The number of carboxylic acid groups (broad SMARTS) is 1. The average molecular weight is 348 g/mol. The highest BCUT2D eigenvalue weighted by Crippen LogP contribution is 2.51. The SMILES string of the molecule is CC1(C(=O)O)CCC(=Cc2ccc(Cl)cc2)C1(O)Cn1cncn1. The maximum absolute atomic E-state index is 11.9. The molecule has 0 aliphatic heterocycles. The van der Waals surface area contributed by atoms with Gasteiger partial charge in [-0.25, -0.2) is 9.67 Å². The Labute approximate surface area is 144 Å². The molecular weight excluding hydrogens is 330 g/mol. The van der Waals surface area contributed by atoms with Gasteiger partial charge in [-0.1, -0.05) is 29.8 Å². The number of halogens is 1. The van der Waals surface area contributed by atoms with Crippen LogP contribution in [0.15, 0.2) is 42.5 Å². The molecule has 0 saturated heterocycles. The fraction of sp³-hybridized carbons (Fsp3) is 0.353. The van der Waals surface area contributed by atoms with E-state index in [2.05, 4.69) is 10.1 Å². The number of nitrogens with zero attached hydrogens (tertiary/aromatic N) is 3. The molecule has 0 spiro atoms. The van der Waals surface area contributed by atoms with Gasteiger partial charge in [0.2, 0.25) is 0 Å². The minimum Gasteiger partial charge on any atom is -0.481 e. The number of hydrogen-bond acceptors (Lipinski definition) is 4. The van der Waals surface area contributed by atoms with Crippen molar-refractivity contribution < 1.29 is 15.0 Å². The lowest BCUT2D eigenvalue weighted by Gasteiger charge is -2.37. The van der Waals surface area contributed by atoms with E-state index in [0.717, 1.165) is 5.56 Å². The lowest BCUT2D eigenvalue weighted by Crippen LogP contribution is -2.51. The monoisotopic (exact) mass is 347 g/mol. The highest BCUT2D eigenvalue weighted by molar-refractivity contribution is 6.30. The predicted molar refractivity (Wildman–Crippen MR) is 89.4 cm³/mol. The zero-order valence-corrected chi connectivity index (χ0v) is 13.9. The van der Waals surface area contributed by atoms with E-state index < -0.39 is 17.0 Å². The lowest BCUT2D eigenvalue weighted by atomic mass is 9.74. The summed E-state index contributed by atoms with van der Waals surface area (Å²) in [5, 5.41) is 25.7. The first-order valence-corrected chi connectivity index (χ1v) is 7.98. The Kier molecular flexibility index (Phi) is 4.19. The Morgan fingerprint density at radius 1 is 1.42 bits per heavy atom. The number of carbonyl (C=O) groups is 1. The van der Waals surface area contributed by atoms with E-state index in [4.69, 9.17) is 11.6 Å². The third-order valence-corrected chi connectivity index (χ3v) is 5.13. The van der Waals surface area contributed by atoms with Crippen LogP contribution in [0.1, 0.15) is 25.3 Å². The summed E-state index contributed by atoms with van der Waals surface area (Å²) in [6, 6.07) is 7.19. The zero-order valence-electron chi connectivity index (χ0n) is 13.2. The number of aliphatic hydroxyl groups is 1. The molecule has 2 unspecified atom stereocenters. The van der Waals surface area contributed by atoms with Gasteiger partial charge in [0.1, 0.15) is 18.3 Å². The Morgan fingerprint density at radius 2 is 2.12 bits per heavy atom. The van der Waals surface area contributed by atoms with Crippen LogP contribution in [0.25, 0.3) is 6.08 Å². The first kappa shape index (κ1) is 16.7. The molecule has 1 saturated carbocycles. The number of rotatable bonds is 4. The molecule has 0 bridgehead atoms. The van der Waals surface area contributed by atoms with Gasteiger partial charge < -0.3 is 10.2 Å². The Balaban J connectivity index is 2.04. The van der Waals surface area contributed by atoms with Crippen molar-refractivity contribution in [2.75, 3.05) is 0 Å². The summed E-state index contributed by atoms with van der Waals surface area (Å²) in [5.74, 6) is -1.02. The molecule has 2 atom stereocenters. The summed E-state index contributed by atoms with van der Waals surface area (Å²) >= 11 is 5.90. The van der Waals surface area contributed by atoms with Crippen molar-refractivity contribution in [3.05, 3.63) is 53.1 Å². The molecule has 24 heavy (non-hydrogen) atoms. The van der Waals surface area contributed by atoms with Crippen molar-refractivity contribution in [3.63, 3.8) is 0 Å². The van der Waals surface area contributed by atoms with Crippen LogP contribution in [0.4, 0.5) is 0 Å². The number of hydrogen-bond donors (Lipinski definition) is 2. The van der Waals surface area contributed by atoms with Gasteiger partial charge in [0.15, 0.2) is 0 Å². The van der Waals surface area contributed by atoms with Crippen molar-refractivity contribution in [3.8, 4) is 0 Å². The normalized spacial score (nSPS) is 28.4. The summed E-state index contributed by atoms with van der Waals surface area (Å²) in [6.07, 6.45) is 5.52. The summed E-state index contributed by atoms with van der Waals surface area (Å²) in [5.41, 5.74) is -1.31. The minimum atomic E-state index is -1.55. The molecule has 2 aromatic rings. The molecular formula is C17H18ClN3O3. The largest absolute Gasteiger partial charge is 0.481 e. The molecule has 6 nitrogen and oxygen atoms in total. The smallest absolute Gasteiger partial charge is 0.312 e. The van der Waals surface area contributed by atoms with Crippen LogP contribution in [-0.4, -0.2) is 36.5 Å². The standard InChI is InChI=1S/C17H18ClN3O3/c1-16(15(22)23)7-6-13(8-12-2-4-14(18)5-3-12)17(16,24)9-21-11-19-10-20-21/h2-5,8,10-11,24H,6-7,9H2,1H3,(H,22,23). The van der Waals surface area contributed by atoms with Crippen LogP contribution in [-0.2, 0) is 11.3 Å². The van der Waals surface area contributed by atoms with Crippen molar-refractivity contribution in [1.82, 2.24) is 14.8 Å². The van der Waals surface area contributed by atoms with Gasteiger partial charge in [-0.3, -0.25) is 4.79 Å². The maximum atomic E-state index is 11.9. The first-order valence-electron chi connectivity index (χ1n) is 7.60. The molecule has 1 aromatic heterocycles. The second-order valence-electron chi connectivity index (χ2n) is 6.31. The van der Waals surface area contributed by atoms with Crippen LogP contribution in [0.2, 0.25) is 5.02 Å². The van der Waals surface area contributed by atoms with Crippen molar-refractivity contribution in [2.45, 2.75) is 31.9 Å². The Hall–Kier alpha value is -2.18. The van der Waals surface area contributed by atoms with E-state index in [1.54, 1.807) is 19.1 Å². The van der Waals surface area contributed by atoms with Crippen molar-refractivity contribution >= 4 is 23.6 Å². The molecule has 2 N–H and O–H groups in total. The van der Waals surface area contributed by atoms with Gasteiger partial charge in [0, 0.05) is 5.02 Å². The average Bonchev–Trinajstić information content (AvgIpc) is 3.12. The number of aliphatic carboxylic acids is 1. The van der Waals surface area contributed by atoms with E-state index >= 15 is 0 Å². The van der Waals surface area contributed by atoms with Gasteiger partial charge in [-0.2, -0.15) is 5.10 Å². The summed E-state index contributed by atoms with van der Waals surface area (Å²) in [7, 11) is 0. The highest BCUT2D eigenvalue weighted by atomic mass is 35.5.